The van der Waals surface area contributed by atoms with Gasteiger partial charge < -0.3 is 10.2 Å². The van der Waals surface area contributed by atoms with Crippen LogP contribution in [0, 0.1) is 0 Å². The highest BCUT2D eigenvalue weighted by Gasteiger charge is 2.24. The van der Waals surface area contributed by atoms with Crippen LogP contribution >= 0.6 is 0 Å². The lowest BCUT2D eigenvalue weighted by Gasteiger charge is -2.31. The van der Waals surface area contributed by atoms with E-state index in [0.717, 1.165) is 37.1 Å². The van der Waals surface area contributed by atoms with E-state index in [1.165, 1.54) is 12.8 Å². The number of aliphatic hydroxyl groups excluding tert-OH is 1. The summed E-state index contributed by atoms with van der Waals surface area (Å²) in [4.78, 5) is 13.6. The zero-order chi connectivity index (χ0) is 18.4. The van der Waals surface area contributed by atoms with Crippen LogP contribution in [-0.2, 0) is 6.54 Å². The maximum absolute atomic E-state index is 11.2. The number of benzene rings is 2. The number of carboxylic acids is 1. The van der Waals surface area contributed by atoms with Gasteiger partial charge in [0.15, 0.2) is 0 Å². The first-order valence-electron chi connectivity index (χ1n) is 9.43. The first kappa shape index (κ1) is 18.6. The molecule has 2 aromatic carbocycles. The van der Waals surface area contributed by atoms with Gasteiger partial charge in [0.2, 0.25) is 0 Å². The third-order valence-corrected chi connectivity index (χ3v) is 5.24. The number of hydrogen-bond donors (Lipinski definition) is 2. The second-order valence-electron chi connectivity index (χ2n) is 7.14. The van der Waals surface area contributed by atoms with Crippen LogP contribution in [0.5, 0.6) is 0 Å². The van der Waals surface area contributed by atoms with Gasteiger partial charge >= 0.3 is 5.97 Å². The van der Waals surface area contributed by atoms with Crippen LogP contribution in [0.25, 0.3) is 0 Å². The summed E-state index contributed by atoms with van der Waals surface area (Å²) in [7, 11) is 0. The van der Waals surface area contributed by atoms with E-state index in [9.17, 15) is 15.0 Å². The zero-order valence-corrected chi connectivity index (χ0v) is 15.1. The number of carbonyl (C=O) groups is 1. The number of likely N-dealkylation sites (tertiary alicyclic amines) is 1. The zero-order valence-electron chi connectivity index (χ0n) is 15.1. The fourth-order valence-corrected chi connectivity index (χ4v) is 3.82. The second-order valence-corrected chi connectivity index (χ2v) is 7.14. The third kappa shape index (κ3) is 4.93. The van der Waals surface area contributed by atoms with E-state index in [1.807, 2.05) is 42.5 Å². The molecular weight excluding hydrogens is 326 g/mol. The molecule has 2 atom stereocenters. The molecule has 138 valence electrons. The minimum atomic E-state index is -0.890. The Morgan fingerprint density at radius 3 is 2.65 bits per heavy atom. The average Bonchev–Trinajstić information content (AvgIpc) is 2.88. The Labute approximate surface area is 155 Å². The predicted molar refractivity (Wildman–Crippen MR) is 102 cm³/mol. The van der Waals surface area contributed by atoms with Gasteiger partial charge in [-0.05, 0) is 49.1 Å². The summed E-state index contributed by atoms with van der Waals surface area (Å²) in [5.74, 6) is -0.890. The Bertz CT molecular complexity index is 716. The first-order valence-corrected chi connectivity index (χ1v) is 9.43. The lowest BCUT2D eigenvalue weighted by molar-refractivity contribution is 0.0696. The van der Waals surface area contributed by atoms with Gasteiger partial charge in [-0.3, -0.25) is 4.90 Å². The van der Waals surface area contributed by atoms with Crippen molar-refractivity contribution in [2.75, 3.05) is 6.54 Å². The van der Waals surface area contributed by atoms with Crippen LogP contribution in [0.3, 0.4) is 0 Å². The molecular formula is C22H27NO3. The molecule has 3 rings (SSSR count). The van der Waals surface area contributed by atoms with E-state index < -0.39 is 12.1 Å². The quantitative estimate of drug-likeness (QED) is 0.815. The van der Waals surface area contributed by atoms with Crippen LogP contribution in [-0.4, -0.2) is 33.7 Å². The molecule has 0 bridgehead atoms. The summed E-state index contributed by atoms with van der Waals surface area (Å²) in [6.45, 7) is 1.72. The maximum atomic E-state index is 11.2. The van der Waals surface area contributed by atoms with Crippen LogP contribution in [0.2, 0.25) is 0 Å². The Balaban J connectivity index is 1.72. The van der Waals surface area contributed by atoms with Crippen molar-refractivity contribution < 1.29 is 15.0 Å². The molecule has 1 aliphatic heterocycles. The molecule has 2 N–H and O–H groups in total. The Hall–Kier alpha value is -2.17. The molecule has 0 aromatic heterocycles. The van der Waals surface area contributed by atoms with Gasteiger partial charge in [0.1, 0.15) is 0 Å². The summed E-state index contributed by atoms with van der Waals surface area (Å²) in [5.41, 5.74) is 2.31. The predicted octanol–water partition coefficient (Wildman–Crippen LogP) is 4.25. The molecule has 1 aliphatic rings. The highest BCUT2D eigenvalue weighted by Crippen LogP contribution is 2.27. The van der Waals surface area contributed by atoms with E-state index in [0.29, 0.717) is 18.0 Å². The monoisotopic (exact) mass is 353 g/mol. The smallest absolute Gasteiger partial charge is 0.335 e. The van der Waals surface area contributed by atoms with Gasteiger partial charge in [0, 0.05) is 12.6 Å². The van der Waals surface area contributed by atoms with Crippen molar-refractivity contribution in [3.63, 3.8) is 0 Å². The number of rotatable bonds is 6. The summed E-state index contributed by atoms with van der Waals surface area (Å²) in [6, 6.07) is 17.3. The molecule has 0 amide bonds. The van der Waals surface area contributed by atoms with Gasteiger partial charge in [-0.2, -0.15) is 0 Å². The summed E-state index contributed by atoms with van der Waals surface area (Å²) < 4.78 is 0. The molecule has 0 aliphatic carbocycles. The van der Waals surface area contributed by atoms with Gasteiger partial charge in [0.05, 0.1) is 11.7 Å². The van der Waals surface area contributed by atoms with E-state index in [-0.39, 0.29) is 0 Å². The molecule has 4 heteroatoms. The lowest BCUT2D eigenvalue weighted by Crippen LogP contribution is -2.35. The highest BCUT2D eigenvalue weighted by atomic mass is 16.4. The van der Waals surface area contributed by atoms with Crippen LogP contribution in [0.15, 0.2) is 54.6 Å². The van der Waals surface area contributed by atoms with Crippen LogP contribution in [0.1, 0.15) is 59.7 Å². The minimum absolute atomic E-state index is 0.307. The molecule has 1 heterocycles. The SMILES string of the molecule is O=C(O)c1cccc(CN2CCCCCC2CC(O)c2ccccc2)c1. The molecule has 0 radical (unpaired) electrons. The van der Waals surface area contributed by atoms with Gasteiger partial charge in [-0.15, -0.1) is 0 Å². The lowest BCUT2D eigenvalue weighted by atomic mass is 9.97. The van der Waals surface area contributed by atoms with Crippen molar-refractivity contribution >= 4 is 5.97 Å². The van der Waals surface area contributed by atoms with Gasteiger partial charge in [-0.1, -0.05) is 55.3 Å². The number of aliphatic hydroxyl groups is 1. The molecule has 4 nitrogen and oxygen atoms in total. The summed E-state index contributed by atoms with van der Waals surface area (Å²) in [6.07, 6.45) is 4.86. The largest absolute Gasteiger partial charge is 0.478 e. The molecule has 0 spiro atoms. The molecule has 1 saturated heterocycles. The van der Waals surface area contributed by atoms with Crippen molar-refractivity contribution in [2.45, 2.75) is 50.8 Å². The summed E-state index contributed by atoms with van der Waals surface area (Å²) >= 11 is 0. The Morgan fingerprint density at radius 1 is 1.08 bits per heavy atom. The van der Waals surface area contributed by atoms with E-state index in [2.05, 4.69) is 4.90 Å². The topological polar surface area (TPSA) is 60.8 Å². The minimum Gasteiger partial charge on any atom is -0.478 e. The number of carboxylic acid groups (broad SMARTS) is 1. The molecule has 26 heavy (non-hydrogen) atoms. The maximum Gasteiger partial charge on any atom is 0.335 e. The van der Waals surface area contributed by atoms with E-state index >= 15 is 0 Å². The van der Waals surface area contributed by atoms with Gasteiger partial charge in [-0.25, -0.2) is 4.79 Å². The molecule has 2 unspecified atom stereocenters. The van der Waals surface area contributed by atoms with Crippen LogP contribution in [0.4, 0.5) is 0 Å². The second kappa shape index (κ2) is 8.97. The third-order valence-electron chi connectivity index (χ3n) is 5.24. The number of hydrogen-bond acceptors (Lipinski definition) is 3. The Kier molecular flexibility index (Phi) is 6.42. The average molecular weight is 353 g/mol. The molecule has 0 saturated carbocycles. The normalized spacial score (nSPS) is 19.7. The molecule has 1 fully saturated rings. The number of aromatic carboxylic acids is 1. The van der Waals surface area contributed by atoms with E-state index in [4.69, 9.17) is 0 Å². The standard InChI is InChI=1S/C22H27NO3/c24-21(18-9-3-1-4-10-18)15-20-12-5-2-6-13-23(20)16-17-8-7-11-19(14-17)22(25)26/h1,3-4,7-11,14,20-21,24H,2,5-6,12-13,15-16H2,(H,25,26). The van der Waals surface area contributed by atoms with Crippen molar-refractivity contribution in [3.05, 3.63) is 71.3 Å². The number of nitrogens with zero attached hydrogens (tertiary/aromatic N) is 1. The van der Waals surface area contributed by atoms with Gasteiger partial charge in [0.25, 0.3) is 0 Å². The van der Waals surface area contributed by atoms with Crippen LogP contribution < -0.4 is 0 Å². The first-order chi connectivity index (χ1) is 12.6. The van der Waals surface area contributed by atoms with Crippen molar-refractivity contribution in [3.8, 4) is 0 Å². The fraction of sp³-hybridized carbons (Fsp3) is 0.409. The van der Waals surface area contributed by atoms with Crippen molar-refractivity contribution in [1.29, 1.82) is 0 Å². The summed E-state index contributed by atoms with van der Waals surface area (Å²) in [5, 5.41) is 19.9. The Morgan fingerprint density at radius 2 is 1.88 bits per heavy atom. The fourth-order valence-electron chi connectivity index (χ4n) is 3.82. The van der Waals surface area contributed by atoms with Crippen molar-refractivity contribution in [2.24, 2.45) is 0 Å². The van der Waals surface area contributed by atoms with Crippen molar-refractivity contribution in [1.82, 2.24) is 4.90 Å². The molecule has 2 aromatic rings. The highest BCUT2D eigenvalue weighted by molar-refractivity contribution is 5.87. The van der Waals surface area contributed by atoms with E-state index in [1.54, 1.807) is 12.1 Å².